The Morgan fingerprint density at radius 2 is 1.52 bits per heavy atom. The molecule has 1 aromatic heterocycles. The van der Waals surface area contributed by atoms with Gasteiger partial charge in [-0.3, -0.25) is 4.72 Å². The molecule has 0 amide bonds. The van der Waals surface area contributed by atoms with Gasteiger partial charge in [0, 0.05) is 19.1 Å². The molecule has 230 valence electrons. The lowest BCUT2D eigenvalue weighted by Gasteiger charge is -2.40. The molecular weight excluding hydrogens is 577 g/mol. The number of aliphatic carboxylic acids is 1. The van der Waals surface area contributed by atoms with E-state index >= 15 is 0 Å². The average molecular weight is 613 g/mol. The van der Waals surface area contributed by atoms with Gasteiger partial charge in [0.2, 0.25) is 0 Å². The number of pyridine rings is 1. The van der Waals surface area contributed by atoms with Gasteiger partial charge in [0.1, 0.15) is 11.4 Å². The molecule has 2 aromatic rings. The Morgan fingerprint density at radius 3 is 2.12 bits per heavy atom. The second-order valence-corrected chi connectivity index (χ2v) is 12.4. The molecule has 2 aliphatic heterocycles. The van der Waals surface area contributed by atoms with Crippen molar-refractivity contribution >= 4 is 33.5 Å². The highest BCUT2D eigenvalue weighted by molar-refractivity contribution is 7.92. The fraction of sp³-hybridized carbons (Fsp3) is 0.536. The van der Waals surface area contributed by atoms with Crippen molar-refractivity contribution in [1.82, 2.24) is 9.88 Å². The van der Waals surface area contributed by atoms with Crippen LogP contribution in [0.1, 0.15) is 66.4 Å². The summed E-state index contributed by atoms with van der Waals surface area (Å²) in [6.07, 6.45) is 6.18. The van der Waals surface area contributed by atoms with Gasteiger partial charge in [-0.25, -0.2) is 23.0 Å². The van der Waals surface area contributed by atoms with Gasteiger partial charge < -0.3 is 20.0 Å². The van der Waals surface area contributed by atoms with Crippen molar-refractivity contribution in [1.29, 1.82) is 0 Å². The van der Waals surface area contributed by atoms with Crippen LogP contribution < -0.4 is 9.62 Å². The lowest BCUT2D eigenvalue weighted by molar-refractivity contribution is -0.192. The summed E-state index contributed by atoms with van der Waals surface area (Å²) in [5, 5.41) is 17.0. The molecule has 3 heterocycles. The Balaban J connectivity index is 0.000000517. The highest BCUT2D eigenvalue weighted by atomic mass is 32.2. The molecule has 0 saturated carbocycles. The molecule has 2 saturated heterocycles. The number of carboxylic acid groups (broad SMARTS) is 2. The largest absolute Gasteiger partial charge is 0.490 e. The molecule has 2 fully saturated rings. The molecular formula is C28H35F3N4O6S. The molecule has 1 aromatic carbocycles. The Labute approximate surface area is 242 Å². The summed E-state index contributed by atoms with van der Waals surface area (Å²) in [7, 11) is -3.85. The number of hydrogen-bond acceptors (Lipinski definition) is 7. The first-order chi connectivity index (χ1) is 19.8. The molecule has 5 rings (SSSR count). The number of benzene rings is 1. The zero-order valence-electron chi connectivity index (χ0n) is 23.1. The van der Waals surface area contributed by atoms with E-state index in [1.54, 1.807) is 12.1 Å². The first kappa shape index (κ1) is 31.5. The first-order valence-corrected chi connectivity index (χ1v) is 15.5. The van der Waals surface area contributed by atoms with E-state index in [-0.39, 0.29) is 16.1 Å². The van der Waals surface area contributed by atoms with Gasteiger partial charge in [0.15, 0.2) is 0 Å². The van der Waals surface area contributed by atoms with Gasteiger partial charge in [-0.1, -0.05) is 12.5 Å². The van der Waals surface area contributed by atoms with Crippen LogP contribution in [0.4, 0.5) is 24.7 Å². The summed E-state index contributed by atoms with van der Waals surface area (Å²) in [6.45, 7) is 3.80. The second kappa shape index (κ2) is 13.3. The number of hydrogen-bond donors (Lipinski definition) is 3. The van der Waals surface area contributed by atoms with E-state index in [1.165, 1.54) is 37.1 Å². The number of aryl methyl sites for hydroxylation is 2. The highest BCUT2D eigenvalue weighted by Crippen LogP contribution is 2.29. The molecule has 0 radical (unpaired) electrons. The number of nitrogens with one attached hydrogen (secondary N) is 1. The van der Waals surface area contributed by atoms with E-state index in [1.807, 2.05) is 11.0 Å². The van der Waals surface area contributed by atoms with E-state index in [2.05, 4.69) is 14.6 Å². The highest BCUT2D eigenvalue weighted by Gasteiger charge is 2.38. The lowest BCUT2D eigenvalue weighted by atomic mass is 9.92. The Kier molecular flexibility index (Phi) is 9.97. The third kappa shape index (κ3) is 7.91. The fourth-order valence-corrected chi connectivity index (χ4v) is 6.82. The van der Waals surface area contributed by atoms with Crippen molar-refractivity contribution < 1.29 is 41.4 Å². The summed E-state index contributed by atoms with van der Waals surface area (Å²) in [5.74, 6) is -3.46. The summed E-state index contributed by atoms with van der Waals surface area (Å²) in [4.78, 5) is 30.2. The van der Waals surface area contributed by atoms with Crippen LogP contribution in [0.25, 0.3) is 0 Å². The third-order valence-corrected chi connectivity index (χ3v) is 9.27. The third-order valence-electron chi connectivity index (χ3n) is 7.89. The van der Waals surface area contributed by atoms with Gasteiger partial charge in [0.05, 0.1) is 16.8 Å². The van der Waals surface area contributed by atoms with Gasteiger partial charge in [-0.2, -0.15) is 13.2 Å². The summed E-state index contributed by atoms with van der Waals surface area (Å²) in [5.41, 5.74) is 2.46. The second-order valence-electron chi connectivity index (χ2n) is 10.8. The summed E-state index contributed by atoms with van der Waals surface area (Å²) < 4.78 is 60.4. The van der Waals surface area contributed by atoms with E-state index < -0.39 is 28.1 Å². The molecule has 0 atom stereocenters. The predicted molar refractivity (Wildman–Crippen MR) is 149 cm³/mol. The molecule has 3 aliphatic rings. The number of rotatable bonds is 6. The average Bonchev–Trinajstić information content (AvgIpc) is 2.97. The van der Waals surface area contributed by atoms with E-state index in [4.69, 9.17) is 9.90 Å². The van der Waals surface area contributed by atoms with Gasteiger partial charge >= 0.3 is 18.1 Å². The van der Waals surface area contributed by atoms with Crippen LogP contribution in [-0.2, 0) is 27.7 Å². The van der Waals surface area contributed by atoms with Crippen LogP contribution in [0.3, 0.4) is 0 Å². The van der Waals surface area contributed by atoms with Crippen LogP contribution in [0.2, 0.25) is 0 Å². The quantitative estimate of drug-likeness (QED) is 0.429. The monoisotopic (exact) mass is 612 g/mol. The molecule has 0 bridgehead atoms. The smallest absolute Gasteiger partial charge is 0.478 e. The van der Waals surface area contributed by atoms with Crippen molar-refractivity contribution in [3.8, 4) is 0 Å². The van der Waals surface area contributed by atoms with Crippen molar-refractivity contribution in [2.75, 3.05) is 35.8 Å². The number of carboxylic acids is 2. The molecule has 0 unspecified atom stereocenters. The molecule has 10 nitrogen and oxygen atoms in total. The van der Waals surface area contributed by atoms with Crippen molar-refractivity contribution in [2.45, 2.75) is 74.9 Å². The zero-order valence-corrected chi connectivity index (χ0v) is 23.9. The number of aromatic carboxylic acids is 1. The fourth-order valence-electron chi connectivity index (χ4n) is 5.74. The van der Waals surface area contributed by atoms with Crippen molar-refractivity contribution in [3.05, 3.63) is 47.2 Å². The van der Waals surface area contributed by atoms with E-state index in [0.29, 0.717) is 11.9 Å². The normalized spacial score (nSPS) is 18.4. The van der Waals surface area contributed by atoms with E-state index in [9.17, 15) is 31.5 Å². The minimum absolute atomic E-state index is 0.0204. The Bertz CT molecular complexity index is 1390. The SMILES string of the molecule is O=C(O)C(F)(F)F.O=C(O)c1cc(NS(=O)(=O)c2ccc3c(c2)CCCC3)cnc1N1CCC(N2CCCCC2)CC1. The molecule has 0 spiro atoms. The van der Waals surface area contributed by atoms with Crippen molar-refractivity contribution in [3.63, 3.8) is 0 Å². The van der Waals surface area contributed by atoms with Gasteiger partial charge in [-0.05, 0) is 93.8 Å². The van der Waals surface area contributed by atoms with Gasteiger partial charge in [-0.15, -0.1) is 0 Å². The van der Waals surface area contributed by atoms with E-state index in [0.717, 1.165) is 70.3 Å². The number of likely N-dealkylation sites (tertiary alicyclic amines) is 1. The maximum absolute atomic E-state index is 13.0. The number of alkyl halides is 3. The molecule has 1 aliphatic carbocycles. The van der Waals surface area contributed by atoms with Crippen LogP contribution in [0, 0.1) is 0 Å². The number of sulfonamides is 1. The maximum Gasteiger partial charge on any atom is 0.490 e. The number of piperidine rings is 2. The van der Waals surface area contributed by atoms with Crippen molar-refractivity contribution in [2.24, 2.45) is 0 Å². The lowest BCUT2D eigenvalue weighted by Crippen LogP contribution is -2.47. The molecule has 42 heavy (non-hydrogen) atoms. The summed E-state index contributed by atoms with van der Waals surface area (Å²) >= 11 is 0. The number of anilines is 2. The number of halogens is 3. The predicted octanol–water partition coefficient (Wildman–Crippen LogP) is 4.55. The zero-order chi connectivity index (χ0) is 30.5. The molecule has 14 heteroatoms. The Hall–Kier alpha value is -3.39. The number of fused-ring (bicyclic) bond motifs is 1. The number of nitrogens with zero attached hydrogens (tertiary/aromatic N) is 3. The minimum atomic E-state index is -5.08. The summed E-state index contributed by atoms with van der Waals surface area (Å²) in [6, 6.07) is 7.18. The van der Waals surface area contributed by atoms with Crippen LogP contribution in [0.5, 0.6) is 0 Å². The van der Waals surface area contributed by atoms with Crippen LogP contribution >= 0.6 is 0 Å². The van der Waals surface area contributed by atoms with Gasteiger partial charge in [0.25, 0.3) is 10.0 Å². The van der Waals surface area contributed by atoms with Crippen LogP contribution in [-0.4, -0.2) is 78.9 Å². The first-order valence-electron chi connectivity index (χ1n) is 14.0. The Morgan fingerprint density at radius 1 is 0.905 bits per heavy atom. The number of carbonyl (C=O) groups is 2. The standard InChI is InChI=1S/C26H34N4O4S.C2HF3O2/c31-26(32)24-17-21(28-35(33,34)23-9-8-19-6-2-3-7-20(19)16-23)18-27-25(24)30-14-10-22(11-15-30)29-12-4-1-5-13-29;3-2(4,5)1(6)7/h8-9,16-18,22,28H,1-7,10-15H2,(H,31,32);(H,6,7). The molecule has 3 N–H and O–H groups in total. The minimum Gasteiger partial charge on any atom is -0.478 e. The number of aromatic nitrogens is 1. The maximum atomic E-state index is 13.0. The topological polar surface area (TPSA) is 140 Å². The van der Waals surface area contributed by atoms with Crippen LogP contribution in [0.15, 0.2) is 35.4 Å².